The number of aliphatic imine (C=N–C) groups is 2. The van der Waals surface area contributed by atoms with Crippen LogP contribution in [0.2, 0.25) is 0 Å². The molecule has 0 fully saturated rings. The number of rotatable bonds is 5. The normalized spacial score (nSPS) is 9.78. The molecule has 6 radical (unpaired) electrons. The van der Waals surface area contributed by atoms with Gasteiger partial charge in [0.1, 0.15) is 10.1 Å². The van der Waals surface area contributed by atoms with Gasteiger partial charge in [-0.1, -0.05) is 0 Å². The van der Waals surface area contributed by atoms with Crippen molar-refractivity contribution in [3.63, 3.8) is 0 Å². The average Bonchev–Trinajstić information content (AvgIpc) is 2.66. The van der Waals surface area contributed by atoms with Crippen LogP contribution in [0, 0.1) is 12.1 Å². The monoisotopic (exact) mass is 892 g/mol. The molecular formula is C20H11N2O3SY6-5. The molecule has 32 heavy (non-hydrogen) atoms. The van der Waals surface area contributed by atoms with E-state index in [1.54, 1.807) is 54.6 Å². The van der Waals surface area contributed by atoms with E-state index >= 15 is 0 Å². The summed E-state index contributed by atoms with van der Waals surface area (Å²) < 4.78 is 34.2. The molecule has 5 nitrogen and oxygen atoms in total. The Kier molecular flexibility index (Phi) is 30.0. The summed E-state index contributed by atoms with van der Waals surface area (Å²) in [6.07, 6.45) is 5.43. The van der Waals surface area contributed by atoms with Gasteiger partial charge in [-0.25, -0.2) is 20.6 Å². The molecule has 0 bridgehead atoms. The number of hydrogen-bond acceptors (Lipinski definition) is 5. The maximum Gasteiger partial charge on any atom is 0.106 e. The van der Waals surface area contributed by atoms with Crippen molar-refractivity contribution in [3.05, 3.63) is 90.0 Å². The zero-order chi connectivity index (χ0) is 18.4. The smallest absolute Gasteiger partial charge is 0.106 e. The molecule has 0 amide bonds. The topological polar surface area (TPSA) is 81.9 Å². The SMILES string of the molecule is O=S(=O)([O-])c1cc([C-]=Nc2[c-]cccc2)cc([C-]=Nc2[c-]cccc2)c1.[Y].[Y].[Y].[Y].[Y].[Y]. The van der Waals surface area contributed by atoms with Crippen LogP contribution in [0.4, 0.5) is 11.4 Å². The van der Waals surface area contributed by atoms with E-state index in [1.165, 1.54) is 12.1 Å². The Hall–Kier alpha value is 3.53. The fourth-order valence-electron chi connectivity index (χ4n) is 2.03. The van der Waals surface area contributed by atoms with Gasteiger partial charge in [0.2, 0.25) is 0 Å². The molecule has 3 rings (SSSR count). The van der Waals surface area contributed by atoms with Crippen LogP contribution in [0.3, 0.4) is 0 Å². The summed E-state index contributed by atoms with van der Waals surface area (Å²) in [4.78, 5) is 7.79. The Bertz CT molecular complexity index is 999. The first-order valence-electron chi connectivity index (χ1n) is 7.49. The molecule has 148 valence electrons. The van der Waals surface area contributed by atoms with Crippen molar-refractivity contribution < 1.29 is 209 Å². The van der Waals surface area contributed by atoms with Crippen molar-refractivity contribution in [1.29, 1.82) is 0 Å². The van der Waals surface area contributed by atoms with Crippen LogP contribution in [0.1, 0.15) is 11.1 Å². The quantitative estimate of drug-likeness (QED) is 0.224. The standard InChI is InChI=1S/C20H12N2O3S.6Y/c23-26(24,25)20-12-16(14-21-18-7-3-1-4-8-18)11-17(13-20)15-22-19-9-5-2-6-10-19;;;;;;/h1-7,9,11-13H,(H,23,24,25);;;;;;/q-4;;;;;;/p-1. The Morgan fingerprint density at radius 2 is 1.09 bits per heavy atom. The molecule has 0 aliphatic carbocycles. The second-order valence-electron chi connectivity index (χ2n) is 5.14. The van der Waals surface area contributed by atoms with E-state index in [-0.39, 0.29) is 196 Å². The van der Waals surface area contributed by atoms with Gasteiger partial charge in [0, 0.05) is 196 Å². The summed E-state index contributed by atoms with van der Waals surface area (Å²) in [5, 5.41) is 0. The summed E-state index contributed by atoms with van der Waals surface area (Å²) in [6.45, 7) is 0. The molecule has 3 aromatic rings. The van der Waals surface area contributed by atoms with Crippen LogP contribution in [-0.4, -0.2) is 25.4 Å². The number of nitrogens with zero attached hydrogens (tertiary/aromatic N) is 2. The van der Waals surface area contributed by atoms with E-state index < -0.39 is 15.0 Å². The van der Waals surface area contributed by atoms with Crippen LogP contribution in [0.15, 0.2) is 81.6 Å². The largest absolute Gasteiger partial charge is 0.745 e. The van der Waals surface area contributed by atoms with Gasteiger partial charge in [0.15, 0.2) is 0 Å². The minimum absolute atomic E-state index is 0. The molecule has 0 atom stereocenters. The van der Waals surface area contributed by atoms with E-state index in [0.717, 1.165) is 0 Å². The third-order valence-electron chi connectivity index (χ3n) is 3.19. The fraction of sp³-hybridized carbons (Fsp3) is 0. The second kappa shape index (κ2) is 22.5. The minimum atomic E-state index is -4.64. The van der Waals surface area contributed by atoms with Gasteiger partial charge in [-0.3, -0.25) is 0 Å². The van der Waals surface area contributed by atoms with E-state index in [1.807, 2.05) is 0 Å². The average molecular weight is 893 g/mol. The summed E-state index contributed by atoms with van der Waals surface area (Å²) in [6, 6.07) is 23.8. The summed E-state index contributed by atoms with van der Waals surface area (Å²) in [5.74, 6) is 0. The number of hydrogen-bond donors (Lipinski definition) is 0. The third-order valence-corrected chi connectivity index (χ3v) is 4.00. The van der Waals surface area contributed by atoms with E-state index in [9.17, 15) is 13.0 Å². The Morgan fingerprint density at radius 1 is 0.688 bits per heavy atom. The summed E-state index contributed by atoms with van der Waals surface area (Å²) in [5.41, 5.74) is 1.68. The Morgan fingerprint density at radius 3 is 1.41 bits per heavy atom. The van der Waals surface area contributed by atoms with Gasteiger partial charge < -0.3 is 14.5 Å². The first-order valence-corrected chi connectivity index (χ1v) is 8.89. The molecule has 12 heteroatoms. The van der Waals surface area contributed by atoms with Crippen molar-refractivity contribution in [3.8, 4) is 0 Å². The van der Waals surface area contributed by atoms with Crippen molar-refractivity contribution >= 4 is 33.9 Å². The molecule has 0 aliphatic heterocycles. The molecule has 0 heterocycles. The Labute approximate surface area is 340 Å². The zero-order valence-corrected chi connectivity index (χ0v) is 34.7. The molecule has 0 N–H and O–H groups in total. The molecule has 0 aliphatic rings. The van der Waals surface area contributed by atoms with Crippen molar-refractivity contribution in [2.75, 3.05) is 0 Å². The van der Waals surface area contributed by atoms with Crippen molar-refractivity contribution in [1.82, 2.24) is 0 Å². The molecule has 3 aromatic carbocycles. The number of para-hydroxylation sites is 2. The van der Waals surface area contributed by atoms with Gasteiger partial charge in [-0.15, -0.1) is 40.7 Å². The van der Waals surface area contributed by atoms with Crippen LogP contribution >= 0.6 is 0 Å². The first-order chi connectivity index (χ1) is 12.5. The summed E-state index contributed by atoms with van der Waals surface area (Å²) >= 11 is 0. The third kappa shape index (κ3) is 15.7. The van der Waals surface area contributed by atoms with Gasteiger partial charge in [-0.05, 0) is 17.3 Å². The molecule has 0 unspecified atom stereocenters. The van der Waals surface area contributed by atoms with Gasteiger partial charge >= 0.3 is 0 Å². The molecule has 0 saturated carbocycles. The number of benzene rings is 3. The van der Waals surface area contributed by atoms with Crippen LogP contribution in [-0.2, 0) is 206 Å². The van der Waals surface area contributed by atoms with E-state index in [2.05, 4.69) is 34.5 Å². The van der Waals surface area contributed by atoms with E-state index in [4.69, 9.17) is 0 Å². The van der Waals surface area contributed by atoms with Gasteiger partial charge in [-0.2, -0.15) is 48.5 Å². The fourth-order valence-corrected chi connectivity index (χ4v) is 2.57. The van der Waals surface area contributed by atoms with Crippen LogP contribution < -0.4 is 0 Å². The molecule has 0 aromatic heterocycles. The van der Waals surface area contributed by atoms with Crippen LogP contribution in [0.25, 0.3) is 0 Å². The van der Waals surface area contributed by atoms with E-state index in [0.29, 0.717) is 22.5 Å². The van der Waals surface area contributed by atoms with Crippen LogP contribution in [0.5, 0.6) is 0 Å². The predicted molar refractivity (Wildman–Crippen MR) is 97.4 cm³/mol. The van der Waals surface area contributed by atoms with Gasteiger partial charge in [0.05, 0.1) is 0 Å². The maximum atomic E-state index is 11.4. The molecule has 0 spiro atoms. The molecule has 0 saturated heterocycles. The maximum absolute atomic E-state index is 11.4. The van der Waals surface area contributed by atoms with Gasteiger partial charge in [0.25, 0.3) is 0 Å². The summed E-state index contributed by atoms with van der Waals surface area (Å²) in [7, 11) is -4.64. The Balaban J connectivity index is -0.000000653. The van der Waals surface area contributed by atoms with Crippen molar-refractivity contribution in [2.24, 2.45) is 9.98 Å². The first kappa shape index (κ1) is 42.6. The predicted octanol–water partition coefficient (Wildman–Crippen LogP) is 3.43. The second-order valence-corrected chi connectivity index (χ2v) is 6.52. The minimum Gasteiger partial charge on any atom is -0.745 e. The molecular weight excluding hydrogens is 882 g/mol. The zero-order valence-electron chi connectivity index (χ0n) is 16.8. The van der Waals surface area contributed by atoms with Crippen molar-refractivity contribution in [2.45, 2.75) is 4.90 Å².